The third kappa shape index (κ3) is 4.36. The van der Waals surface area contributed by atoms with Gasteiger partial charge in [-0.2, -0.15) is 4.31 Å². The molecule has 1 unspecified atom stereocenters. The maximum atomic E-state index is 14.3. The molecule has 1 fully saturated rings. The molecule has 2 heterocycles. The quantitative estimate of drug-likeness (QED) is 0.160. The zero-order chi connectivity index (χ0) is 31.8. The van der Waals surface area contributed by atoms with E-state index >= 15 is 0 Å². The third-order valence-electron chi connectivity index (χ3n) is 8.92. The second-order valence-corrected chi connectivity index (χ2v) is 15.4. The van der Waals surface area contributed by atoms with Crippen LogP contribution in [0.3, 0.4) is 0 Å². The zero-order valence-corrected chi connectivity index (χ0v) is 26.1. The van der Waals surface area contributed by atoms with Crippen LogP contribution in [0.5, 0.6) is 0 Å². The molecule has 13 heteroatoms. The number of rotatable bonds is 7. The molecular weight excluding hydrogens is 606 g/mol. The number of nitro benzene ring substituents is 1. The van der Waals surface area contributed by atoms with Crippen LogP contribution in [-0.4, -0.2) is 54.2 Å². The van der Waals surface area contributed by atoms with Crippen molar-refractivity contribution in [2.24, 2.45) is 5.92 Å². The minimum absolute atomic E-state index is 0.00732. The molecule has 44 heavy (non-hydrogen) atoms. The molecular formula is C31H31N3O8S2. The largest absolute Gasteiger partial charge is 0.465 e. The summed E-state index contributed by atoms with van der Waals surface area (Å²) < 4.78 is 64.4. The maximum Gasteiger partial charge on any atom is 0.325 e. The van der Waals surface area contributed by atoms with Crippen LogP contribution >= 0.6 is 0 Å². The lowest BCUT2D eigenvalue weighted by Crippen LogP contribution is -2.51. The molecule has 0 amide bonds. The van der Waals surface area contributed by atoms with Gasteiger partial charge in [-0.1, -0.05) is 29.8 Å². The van der Waals surface area contributed by atoms with E-state index in [4.69, 9.17) is 4.74 Å². The van der Waals surface area contributed by atoms with Gasteiger partial charge in [0.1, 0.15) is 6.04 Å². The number of carbonyl (C=O) groups is 1. The summed E-state index contributed by atoms with van der Waals surface area (Å²) in [6, 6.07) is 15.1. The van der Waals surface area contributed by atoms with Crippen molar-refractivity contribution >= 4 is 42.6 Å². The highest BCUT2D eigenvalue weighted by Gasteiger charge is 2.63. The lowest BCUT2D eigenvalue weighted by molar-refractivity contribution is -0.384. The molecule has 3 atom stereocenters. The van der Waals surface area contributed by atoms with Gasteiger partial charge in [0.25, 0.3) is 15.7 Å². The first-order chi connectivity index (χ1) is 20.7. The molecule has 0 N–H and O–H groups in total. The highest BCUT2D eigenvalue weighted by Crippen LogP contribution is 2.56. The van der Waals surface area contributed by atoms with Gasteiger partial charge in [0.2, 0.25) is 10.0 Å². The van der Waals surface area contributed by atoms with Crippen molar-refractivity contribution in [3.8, 4) is 0 Å². The van der Waals surface area contributed by atoms with Crippen molar-refractivity contribution in [1.82, 2.24) is 8.28 Å². The Morgan fingerprint density at radius 3 is 2.20 bits per heavy atom. The van der Waals surface area contributed by atoms with Crippen LogP contribution in [0.25, 0.3) is 10.9 Å². The Bertz CT molecular complexity index is 2030. The zero-order valence-electron chi connectivity index (χ0n) is 24.5. The Morgan fingerprint density at radius 1 is 0.977 bits per heavy atom. The predicted molar refractivity (Wildman–Crippen MR) is 162 cm³/mol. The van der Waals surface area contributed by atoms with Crippen LogP contribution in [0.4, 0.5) is 5.69 Å². The number of hydrogen-bond donors (Lipinski definition) is 0. The van der Waals surface area contributed by atoms with Crippen molar-refractivity contribution in [3.05, 3.63) is 99.7 Å². The van der Waals surface area contributed by atoms with Crippen LogP contribution in [0.1, 0.15) is 43.4 Å². The predicted octanol–water partition coefficient (Wildman–Crippen LogP) is 4.77. The van der Waals surface area contributed by atoms with Crippen LogP contribution < -0.4 is 0 Å². The van der Waals surface area contributed by atoms with Gasteiger partial charge in [-0.15, -0.1) is 0 Å². The molecule has 1 aliphatic heterocycles. The summed E-state index contributed by atoms with van der Waals surface area (Å²) in [5.74, 6) is -1.91. The molecule has 0 saturated carbocycles. The van der Waals surface area contributed by atoms with E-state index in [2.05, 4.69) is 0 Å². The molecule has 3 aromatic carbocycles. The molecule has 230 valence electrons. The number of sulfonamides is 1. The van der Waals surface area contributed by atoms with Crippen LogP contribution in [0, 0.1) is 23.0 Å². The summed E-state index contributed by atoms with van der Waals surface area (Å²) in [6.07, 6.45) is 1.91. The summed E-state index contributed by atoms with van der Waals surface area (Å²) in [7, 11) is -8.45. The number of ether oxygens (including phenoxy) is 1. The van der Waals surface area contributed by atoms with E-state index in [-0.39, 0.29) is 22.1 Å². The Hall–Kier alpha value is -4.07. The van der Waals surface area contributed by atoms with E-state index in [9.17, 15) is 31.7 Å². The van der Waals surface area contributed by atoms with Gasteiger partial charge in [-0.25, -0.2) is 20.8 Å². The van der Waals surface area contributed by atoms with Gasteiger partial charge in [0, 0.05) is 35.2 Å². The third-order valence-corrected chi connectivity index (χ3v) is 12.7. The molecule has 6 rings (SSSR count). The Balaban J connectivity index is 1.56. The van der Waals surface area contributed by atoms with Crippen molar-refractivity contribution in [2.45, 2.75) is 61.4 Å². The minimum atomic E-state index is -4.40. The molecule has 4 aromatic rings. The second kappa shape index (κ2) is 10.2. The van der Waals surface area contributed by atoms with E-state index < -0.39 is 54.4 Å². The van der Waals surface area contributed by atoms with Crippen molar-refractivity contribution in [2.75, 3.05) is 6.61 Å². The fraction of sp³-hybridized carbons (Fsp3) is 0.323. The highest BCUT2D eigenvalue weighted by atomic mass is 32.2. The molecule has 1 saturated heterocycles. The van der Waals surface area contributed by atoms with Gasteiger partial charge in [0.05, 0.1) is 26.8 Å². The number of non-ortho nitro benzene ring substituents is 1. The van der Waals surface area contributed by atoms with E-state index in [0.29, 0.717) is 22.9 Å². The van der Waals surface area contributed by atoms with E-state index in [1.807, 2.05) is 13.0 Å². The average molecular weight is 638 g/mol. The van der Waals surface area contributed by atoms with Gasteiger partial charge in [-0.3, -0.25) is 14.9 Å². The Kier molecular flexibility index (Phi) is 6.98. The van der Waals surface area contributed by atoms with Crippen molar-refractivity contribution in [3.63, 3.8) is 0 Å². The molecule has 1 aromatic heterocycles. The number of esters is 1. The van der Waals surface area contributed by atoms with Crippen molar-refractivity contribution < 1.29 is 31.3 Å². The van der Waals surface area contributed by atoms with E-state index in [1.165, 1.54) is 10.2 Å². The standard InChI is InChI=1S/C31H31N3O8S2/c1-5-42-30(35)29-28-24-18-32(43(38,39)22-13-9-19(2)10-14-22)26-8-6-7-20(27(24)26)17-25(28)31(3,4)33(29)44(40,41)23-15-11-21(12-16-23)34(36)37/h6-16,18,25,28-29H,5,17H2,1-4H3/t25-,28+,29?/m1/s1. The maximum absolute atomic E-state index is 14.3. The molecule has 0 radical (unpaired) electrons. The smallest absolute Gasteiger partial charge is 0.325 e. The summed E-state index contributed by atoms with van der Waals surface area (Å²) in [5.41, 5.74) is 1.34. The first-order valence-corrected chi connectivity index (χ1v) is 17.0. The number of benzene rings is 3. The Morgan fingerprint density at radius 2 is 1.59 bits per heavy atom. The second-order valence-electron chi connectivity index (χ2n) is 11.7. The number of aryl methyl sites for hydroxylation is 1. The normalized spacial score (nSPS) is 21.2. The summed E-state index contributed by atoms with van der Waals surface area (Å²) >= 11 is 0. The van der Waals surface area contributed by atoms with E-state index in [0.717, 1.165) is 39.7 Å². The fourth-order valence-corrected chi connectivity index (χ4v) is 10.3. The molecule has 11 nitrogen and oxygen atoms in total. The molecule has 0 spiro atoms. The fourth-order valence-electron chi connectivity index (χ4n) is 6.92. The number of aromatic nitrogens is 1. The lowest BCUT2D eigenvalue weighted by Gasteiger charge is -2.37. The summed E-state index contributed by atoms with van der Waals surface area (Å²) in [5, 5.41) is 11.9. The number of nitro groups is 1. The van der Waals surface area contributed by atoms with Gasteiger partial charge >= 0.3 is 5.97 Å². The topological polar surface area (TPSA) is 146 Å². The lowest BCUT2D eigenvalue weighted by atomic mass is 9.70. The average Bonchev–Trinajstić information content (AvgIpc) is 3.48. The van der Waals surface area contributed by atoms with Gasteiger partial charge < -0.3 is 4.74 Å². The number of carbonyl (C=O) groups excluding carboxylic acids is 1. The molecule has 2 aliphatic rings. The SMILES string of the molecule is CCOC(=O)C1[C@H]2c3cn(S(=O)(=O)c4ccc(C)cc4)c4cccc(c34)C[C@H]2C(C)(C)N1S(=O)(=O)c1ccc([N+](=O)[O-])cc1. The molecule has 0 bridgehead atoms. The number of nitrogens with zero attached hydrogens (tertiary/aromatic N) is 3. The van der Waals surface area contributed by atoms with Crippen LogP contribution in [0.2, 0.25) is 0 Å². The first-order valence-electron chi connectivity index (χ1n) is 14.1. The van der Waals surface area contributed by atoms with Gasteiger partial charge in [-0.05, 0) is 81.5 Å². The highest BCUT2D eigenvalue weighted by molar-refractivity contribution is 7.90. The minimum Gasteiger partial charge on any atom is -0.465 e. The Labute approximate surface area is 255 Å². The summed E-state index contributed by atoms with van der Waals surface area (Å²) in [4.78, 5) is 24.3. The number of hydrogen-bond acceptors (Lipinski definition) is 8. The molecule has 1 aliphatic carbocycles. The monoisotopic (exact) mass is 637 g/mol. The van der Waals surface area contributed by atoms with E-state index in [1.54, 1.807) is 57.2 Å². The number of fused-ring (bicyclic) bond motifs is 2. The van der Waals surface area contributed by atoms with Crippen LogP contribution in [0.15, 0.2) is 82.7 Å². The first kappa shape index (κ1) is 30.0. The van der Waals surface area contributed by atoms with Gasteiger partial charge in [0.15, 0.2) is 0 Å². The van der Waals surface area contributed by atoms with Crippen molar-refractivity contribution in [1.29, 1.82) is 0 Å². The van der Waals surface area contributed by atoms with Crippen LogP contribution in [-0.2, 0) is 36.0 Å². The summed E-state index contributed by atoms with van der Waals surface area (Å²) in [6.45, 7) is 7.00.